The zero-order valence-electron chi connectivity index (χ0n) is 13.8. The molecule has 2 aromatic carbocycles. The van der Waals surface area contributed by atoms with E-state index in [1.165, 1.54) is 5.56 Å². The summed E-state index contributed by atoms with van der Waals surface area (Å²) in [6.45, 7) is 0.913. The summed E-state index contributed by atoms with van der Waals surface area (Å²) in [7, 11) is 3.93. The normalized spacial score (nSPS) is 10.4. The van der Waals surface area contributed by atoms with Crippen LogP contribution in [0.4, 0.5) is 5.69 Å². The first-order valence-electron chi connectivity index (χ1n) is 7.83. The molecular weight excluding hydrogens is 288 g/mol. The third-order valence-corrected chi connectivity index (χ3v) is 3.80. The maximum absolute atomic E-state index is 12.6. The largest absolute Gasteiger partial charge is 0.395 e. The molecule has 0 saturated carbocycles. The summed E-state index contributed by atoms with van der Waals surface area (Å²) in [6, 6.07) is 17.6. The quantitative estimate of drug-likeness (QED) is 0.854. The molecule has 0 aliphatic heterocycles. The Kier molecular flexibility index (Phi) is 6.18. The van der Waals surface area contributed by atoms with Crippen LogP contribution in [0.2, 0.25) is 0 Å². The average molecular weight is 312 g/mol. The molecule has 0 atom stereocenters. The maximum Gasteiger partial charge on any atom is 0.253 e. The van der Waals surface area contributed by atoms with Crippen LogP contribution in [0.1, 0.15) is 15.9 Å². The lowest BCUT2D eigenvalue weighted by Crippen LogP contribution is -2.35. The Morgan fingerprint density at radius 1 is 0.957 bits per heavy atom. The number of nitrogens with zero attached hydrogens (tertiary/aromatic N) is 2. The summed E-state index contributed by atoms with van der Waals surface area (Å²) in [5, 5.41) is 9.25. The van der Waals surface area contributed by atoms with Crippen molar-refractivity contribution in [2.45, 2.75) is 6.42 Å². The van der Waals surface area contributed by atoms with Crippen molar-refractivity contribution in [3.05, 3.63) is 65.7 Å². The third-order valence-electron chi connectivity index (χ3n) is 3.80. The van der Waals surface area contributed by atoms with Gasteiger partial charge in [0.05, 0.1) is 6.61 Å². The number of amides is 1. The molecule has 0 unspecified atom stereocenters. The van der Waals surface area contributed by atoms with Crippen LogP contribution in [0.3, 0.4) is 0 Å². The predicted molar refractivity (Wildman–Crippen MR) is 93.9 cm³/mol. The van der Waals surface area contributed by atoms with Crippen LogP contribution in [-0.4, -0.2) is 49.7 Å². The molecule has 1 amide bonds. The van der Waals surface area contributed by atoms with E-state index < -0.39 is 0 Å². The molecule has 0 heterocycles. The summed E-state index contributed by atoms with van der Waals surface area (Å²) in [4.78, 5) is 16.3. The molecular formula is C19H24N2O2. The van der Waals surface area contributed by atoms with Gasteiger partial charge in [0.25, 0.3) is 5.91 Å². The third kappa shape index (κ3) is 4.83. The van der Waals surface area contributed by atoms with Crippen molar-refractivity contribution >= 4 is 11.6 Å². The van der Waals surface area contributed by atoms with Crippen LogP contribution >= 0.6 is 0 Å². The second kappa shape index (κ2) is 8.34. The summed E-state index contributed by atoms with van der Waals surface area (Å²) in [6.07, 6.45) is 0.780. The van der Waals surface area contributed by atoms with Gasteiger partial charge >= 0.3 is 0 Å². The topological polar surface area (TPSA) is 43.8 Å². The molecule has 2 aromatic rings. The molecule has 0 saturated heterocycles. The summed E-state index contributed by atoms with van der Waals surface area (Å²) >= 11 is 0. The Morgan fingerprint density at radius 2 is 1.61 bits per heavy atom. The Balaban J connectivity index is 2.05. The molecule has 4 nitrogen and oxygen atoms in total. The fourth-order valence-electron chi connectivity index (χ4n) is 2.43. The molecule has 0 aromatic heterocycles. The van der Waals surface area contributed by atoms with Gasteiger partial charge in [-0.1, -0.05) is 30.3 Å². The highest BCUT2D eigenvalue weighted by molar-refractivity contribution is 5.94. The molecule has 0 radical (unpaired) electrons. The van der Waals surface area contributed by atoms with Gasteiger partial charge in [-0.05, 0) is 36.2 Å². The maximum atomic E-state index is 12.6. The first kappa shape index (κ1) is 17.0. The van der Waals surface area contributed by atoms with Crippen LogP contribution in [0.5, 0.6) is 0 Å². The van der Waals surface area contributed by atoms with Gasteiger partial charge < -0.3 is 14.9 Å². The van der Waals surface area contributed by atoms with E-state index in [2.05, 4.69) is 0 Å². The fraction of sp³-hybridized carbons (Fsp3) is 0.316. The number of carbonyl (C=O) groups excluding carboxylic acids is 1. The minimum Gasteiger partial charge on any atom is -0.395 e. The summed E-state index contributed by atoms with van der Waals surface area (Å²) in [5.41, 5.74) is 2.89. The summed E-state index contributed by atoms with van der Waals surface area (Å²) in [5.74, 6) is -0.0414. The monoisotopic (exact) mass is 312 g/mol. The van der Waals surface area contributed by atoms with Gasteiger partial charge in [0.2, 0.25) is 0 Å². The molecule has 1 N–H and O–H groups in total. The van der Waals surface area contributed by atoms with Gasteiger partial charge in [0.15, 0.2) is 0 Å². The Bertz CT molecular complexity index is 609. The van der Waals surface area contributed by atoms with Gasteiger partial charge in [0, 0.05) is 38.4 Å². The van der Waals surface area contributed by atoms with E-state index in [0.29, 0.717) is 18.7 Å². The van der Waals surface area contributed by atoms with Gasteiger partial charge in [0.1, 0.15) is 0 Å². The van der Waals surface area contributed by atoms with Crippen molar-refractivity contribution in [1.82, 2.24) is 4.90 Å². The SMILES string of the molecule is CN(C)c1ccc(C(=O)N(CCO)CCc2ccccc2)cc1. The van der Waals surface area contributed by atoms with Crippen molar-refractivity contribution < 1.29 is 9.90 Å². The van der Waals surface area contributed by atoms with Crippen molar-refractivity contribution in [3.8, 4) is 0 Å². The van der Waals surface area contributed by atoms with Crippen LogP contribution < -0.4 is 4.90 Å². The van der Waals surface area contributed by atoms with E-state index in [-0.39, 0.29) is 12.5 Å². The molecule has 122 valence electrons. The fourth-order valence-corrected chi connectivity index (χ4v) is 2.43. The Labute approximate surface area is 138 Å². The first-order valence-corrected chi connectivity index (χ1v) is 7.83. The minimum atomic E-state index is -0.0414. The Morgan fingerprint density at radius 3 is 2.17 bits per heavy atom. The van der Waals surface area contributed by atoms with Crippen LogP contribution in [0.25, 0.3) is 0 Å². The number of carbonyl (C=O) groups is 1. The standard InChI is InChI=1S/C19H24N2O2/c1-20(2)18-10-8-17(9-11-18)19(23)21(14-15-22)13-12-16-6-4-3-5-7-16/h3-11,22H,12-15H2,1-2H3. The number of aliphatic hydroxyl groups excluding tert-OH is 1. The van der Waals surface area contributed by atoms with Gasteiger partial charge in [-0.3, -0.25) is 4.79 Å². The zero-order chi connectivity index (χ0) is 16.7. The number of hydrogen-bond donors (Lipinski definition) is 1. The van der Waals surface area contributed by atoms with Crippen molar-refractivity contribution in [1.29, 1.82) is 0 Å². The van der Waals surface area contributed by atoms with E-state index in [9.17, 15) is 9.90 Å². The molecule has 0 aliphatic rings. The van der Waals surface area contributed by atoms with E-state index in [1.54, 1.807) is 4.90 Å². The molecule has 0 spiro atoms. The minimum absolute atomic E-state index is 0.0314. The molecule has 2 rings (SSSR count). The van der Waals surface area contributed by atoms with Crippen molar-refractivity contribution in [2.75, 3.05) is 38.7 Å². The highest BCUT2D eigenvalue weighted by atomic mass is 16.3. The van der Waals surface area contributed by atoms with Crippen molar-refractivity contribution in [2.24, 2.45) is 0 Å². The van der Waals surface area contributed by atoms with Crippen molar-refractivity contribution in [3.63, 3.8) is 0 Å². The van der Waals surface area contributed by atoms with Gasteiger partial charge in [-0.2, -0.15) is 0 Å². The number of hydrogen-bond acceptors (Lipinski definition) is 3. The highest BCUT2D eigenvalue weighted by Crippen LogP contribution is 2.14. The average Bonchev–Trinajstić information content (AvgIpc) is 2.59. The van der Waals surface area contributed by atoms with Crippen LogP contribution in [0, 0.1) is 0 Å². The molecule has 23 heavy (non-hydrogen) atoms. The lowest BCUT2D eigenvalue weighted by atomic mass is 10.1. The Hall–Kier alpha value is -2.33. The lowest BCUT2D eigenvalue weighted by Gasteiger charge is -2.22. The van der Waals surface area contributed by atoms with E-state index in [1.807, 2.05) is 73.6 Å². The van der Waals surface area contributed by atoms with E-state index in [4.69, 9.17) is 0 Å². The molecule has 0 fully saturated rings. The highest BCUT2D eigenvalue weighted by Gasteiger charge is 2.15. The molecule has 4 heteroatoms. The molecule has 0 bridgehead atoms. The first-order chi connectivity index (χ1) is 11.1. The second-order valence-corrected chi connectivity index (χ2v) is 5.69. The van der Waals surface area contributed by atoms with E-state index >= 15 is 0 Å². The second-order valence-electron chi connectivity index (χ2n) is 5.69. The van der Waals surface area contributed by atoms with Crippen LogP contribution in [-0.2, 0) is 6.42 Å². The number of aliphatic hydroxyl groups is 1. The van der Waals surface area contributed by atoms with E-state index in [0.717, 1.165) is 12.1 Å². The zero-order valence-corrected chi connectivity index (χ0v) is 13.8. The van der Waals surface area contributed by atoms with Gasteiger partial charge in [-0.25, -0.2) is 0 Å². The predicted octanol–water partition coefficient (Wildman–Crippen LogP) is 2.43. The van der Waals surface area contributed by atoms with Gasteiger partial charge in [-0.15, -0.1) is 0 Å². The number of rotatable bonds is 7. The molecule has 0 aliphatic carbocycles. The van der Waals surface area contributed by atoms with Crippen LogP contribution in [0.15, 0.2) is 54.6 Å². The number of benzene rings is 2. The smallest absolute Gasteiger partial charge is 0.253 e. The lowest BCUT2D eigenvalue weighted by molar-refractivity contribution is 0.0724. The number of anilines is 1. The summed E-state index contributed by atoms with van der Waals surface area (Å²) < 4.78 is 0.